The van der Waals surface area contributed by atoms with Gasteiger partial charge in [0.05, 0.1) is 4.99 Å². The third-order valence-corrected chi connectivity index (χ3v) is 2.66. The van der Waals surface area contributed by atoms with Gasteiger partial charge in [0, 0.05) is 32.7 Å². The predicted molar refractivity (Wildman–Crippen MR) is 63.8 cm³/mol. The van der Waals surface area contributed by atoms with Crippen molar-refractivity contribution in [3.8, 4) is 0 Å². The predicted octanol–water partition coefficient (Wildman–Crippen LogP) is -0.334. The lowest BCUT2D eigenvalue weighted by Gasteiger charge is -2.31. The number of likely N-dealkylation sites (tertiary alicyclic amines) is 1. The molecule has 0 spiro atoms. The number of piperidine rings is 1. The van der Waals surface area contributed by atoms with Gasteiger partial charge in [0.1, 0.15) is 0 Å². The molecule has 15 heavy (non-hydrogen) atoms. The van der Waals surface area contributed by atoms with Crippen molar-refractivity contribution in [3.05, 3.63) is 0 Å². The van der Waals surface area contributed by atoms with E-state index in [4.69, 9.17) is 18.0 Å². The monoisotopic (exact) mass is 230 g/mol. The second-order valence-electron chi connectivity index (χ2n) is 3.74. The zero-order chi connectivity index (χ0) is 11.3. The van der Waals surface area contributed by atoms with E-state index in [1.54, 1.807) is 7.05 Å². The highest BCUT2D eigenvalue weighted by Crippen LogP contribution is 2.09. The second kappa shape index (κ2) is 5.87. The van der Waals surface area contributed by atoms with Gasteiger partial charge in [0.2, 0.25) is 0 Å². The number of nitrogens with two attached hydrogens (primary N) is 1. The van der Waals surface area contributed by atoms with E-state index in [1.807, 2.05) is 0 Å². The molecule has 4 N–H and O–H groups in total. The average molecular weight is 230 g/mol. The molecule has 2 amide bonds. The van der Waals surface area contributed by atoms with Crippen molar-refractivity contribution in [2.45, 2.75) is 18.9 Å². The first-order valence-electron chi connectivity index (χ1n) is 5.10. The first-order valence-corrected chi connectivity index (χ1v) is 5.51. The van der Waals surface area contributed by atoms with Crippen molar-refractivity contribution in [1.82, 2.24) is 15.5 Å². The summed E-state index contributed by atoms with van der Waals surface area (Å²) in [5.74, 6) is 0. The summed E-state index contributed by atoms with van der Waals surface area (Å²) in [5, 5.41) is 5.45. The fourth-order valence-electron chi connectivity index (χ4n) is 1.71. The van der Waals surface area contributed by atoms with Gasteiger partial charge in [-0.2, -0.15) is 0 Å². The van der Waals surface area contributed by atoms with Crippen LogP contribution in [0.2, 0.25) is 0 Å². The van der Waals surface area contributed by atoms with Crippen LogP contribution in [0.4, 0.5) is 4.79 Å². The van der Waals surface area contributed by atoms with Crippen LogP contribution >= 0.6 is 12.2 Å². The largest absolute Gasteiger partial charge is 0.392 e. The fourth-order valence-corrected chi connectivity index (χ4v) is 1.90. The van der Waals surface area contributed by atoms with Gasteiger partial charge in [-0.05, 0) is 12.8 Å². The molecule has 0 unspecified atom stereocenters. The van der Waals surface area contributed by atoms with E-state index in [0.717, 1.165) is 25.9 Å². The lowest BCUT2D eigenvalue weighted by atomic mass is 10.1. The maximum Gasteiger partial charge on any atom is 0.314 e. The maximum absolute atomic E-state index is 11.1. The van der Waals surface area contributed by atoms with Gasteiger partial charge in [0.15, 0.2) is 0 Å². The van der Waals surface area contributed by atoms with Crippen LogP contribution in [0.3, 0.4) is 0 Å². The molecule has 1 heterocycles. The van der Waals surface area contributed by atoms with Crippen LogP contribution in [0.15, 0.2) is 0 Å². The highest BCUT2D eigenvalue weighted by Gasteiger charge is 2.20. The number of nitrogens with zero attached hydrogens (tertiary/aromatic N) is 1. The molecule has 0 radical (unpaired) electrons. The fraction of sp³-hybridized carbons (Fsp3) is 0.778. The van der Waals surface area contributed by atoms with Gasteiger partial charge in [-0.25, -0.2) is 4.79 Å². The quantitative estimate of drug-likeness (QED) is 0.580. The second-order valence-corrected chi connectivity index (χ2v) is 4.26. The maximum atomic E-state index is 11.1. The first kappa shape index (κ1) is 12.2. The lowest BCUT2D eigenvalue weighted by molar-refractivity contribution is 0.208. The van der Waals surface area contributed by atoms with Crippen molar-refractivity contribution < 1.29 is 4.79 Å². The number of urea groups is 1. The lowest BCUT2D eigenvalue weighted by Crippen LogP contribution is -2.48. The molecule has 1 aliphatic rings. The van der Waals surface area contributed by atoms with Crippen LogP contribution in [0.25, 0.3) is 0 Å². The molecule has 0 aliphatic carbocycles. The van der Waals surface area contributed by atoms with Crippen LogP contribution in [0, 0.1) is 0 Å². The van der Waals surface area contributed by atoms with Crippen molar-refractivity contribution in [2.24, 2.45) is 5.73 Å². The van der Waals surface area contributed by atoms with Crippen LogP contribution in [-0.2, 0) is 0 Å². The third kappa shape index (κ3) is 4.44. The highest BCUT2D eigenvalue weighted by molar-refractivity contribution is 7.80. The number of hydrogen-bond acceptors (Lipinski definition) is 3. The van der Waals surface area contributed by atoms with Gasteiger partial charge in [0.25, 0.3) is 0 Å². The summed E-state index contributed by atoms with van der Waals surface area (Å²) in [7, 11) is 1.62. The van der Waals surface area contributed by atoms with Gasteiger partial charge < -0.3 is 16.4 Å². The number of carbonyl (C=O) groups excluding carboxylic acids is 1. The normalized spacial score (nSPS) is 18.5. The van der Waals surface area contributed by atoms with E-state index < -0.39 is 0 Å². The van der Waals surface area contributed by atoms with E-state index in [-0.39, 0.29) is 12.1 Å². The Hall–Kier alpha value is -0.880. The number of nitrogens with one attached hydrogen (secondary N) is 2. The molecule has 1 rings (SSSR count). The Balaban J connectivity index is 2.23. The van der Waals surface area contributed by atoms with Crippen molar-refractivity contribution in [3.63, 3.8) is 0 Å². The molecule has 86 valence electrons. The minimum Gasteiger partial charge on any atom is -0.392 e. The van der Waals surface area contributed by atoms with E-state index in [9.17, 15) is 4.79 Å². The van der Waals surface area contributed by atoms with E-state index in [1.165, 1.54) is 0 Å². The van der Waals surface area contributed by atoms with Crippen LogP contribution in [-0.4, -0.2) is 48.6 Å². The topological polar surface area (TPSA) is 70.4 Å². The SMILES string of the molecule is CNC(=O)NC1CCN(CC(N)=S)CC1. The molecule has 6 heteroatoms. The van der Waals surface area contributed by atoms with Gasteiger partial charge in [-0.15, -0.1) is 0 Å². The highest BCUT2D eigenvalue weighted by atomic mass is 32.1. The van der Waals surface area contributed by atoms with Crippen LogP contribution < -0.4 is 16.4 Å². The van der Waals surface area contributed by atoms with Gasteiger partial charge in [-0.3, -0.25) is 4.90 Å². The molecule has 0 bridgehead atoms. The number of carbonyl (C=O) groups is 1. The van der Waals surface area contributed by atoms with Crippen LogP contribution in [0.1, 0.15) is 12.8 Å². The van der Waals surface area contributed by atoms with E-state index >= 15 is 0 Å². The zero-order valence-electron chi connectivity index (χ0n) is 8.95. The summed E-state index contributed by atoms with van der Waals surface area (Å²) in [6, 6.07) is 0.162. The Morgan fingerprint density at radius 2 is 2.13 bits per heavy atom. The zero-order valence-corrected chi connectivity index (χ0v) is 9.77. The molecular weight excluding hydrogens is 212 g/mol. The van der Waals surface area contributed by atoms with Crippen molar-refractivity contribution in [1.29, 1.82) is 0 Å². The Morgan fingerprint density at radius 3 is 2.60 bits per heavy atom. The minimum absolute atomic E-state index is 0.109. The molecule has 0 aromatic heterocycles. The smallest absolute Gasteiger partial charge is 0.314 e. The van der Waals surface area contributed by atoms with Crippen molar-refractivity contribution >= 4 is 23.2 Å². The number of amides is 2. The standard InChI is InChI=1S/C9H18N4OS/c1-11-9(14)12-7-2-4-13(5-3-7)6-8(10)15/h7H,2-6H2,1H3,(H2,10,15)(H2,11,12,14). The minimum atomic E-state index is -0.109. The molecule has 0 aromatic rings. The molecule has 0 saturated carbocycles. The van der Waals surface area contributed by atoms with Gasteiger partial charge in [-0.1, -0.05) is 12.2 Å². The molecule has 1 fully saturated rings. The Kier molecular flexibility index (Phi) is 4.77. The summed E-state index contributed by atoms with van der Waals surface area (Å²) in [4.78, 5) is 13.8. The molecule has 1 saturated heterocycles. The molecule has 5 nitrogen and oxygen atoms in total. The summed E-state index contributed by atoms with van der Waals surface area (Å²) < 4.78 is 0. The number of hydrogen-bond donors (Lipinski definition) is 3. The third-order valence-electron chi connectivity index (χ3n) is 2.53. The Labute approximate surface area is 95.4 Å². The molecule has 1 aliphatic heterocycles. The molecule has 0 atom stereocenters. The summed E-state index contributed by atoms with van der Waals surface area (Å²) in [6.45, 7) is 2.56. The van der Waals surface area contributed by atoms with E-state index in [0.29, 0.717) is 11.5 Å². The molecule has 0 aromatic carbocycles. The Bertz CT molecular complexity index is 238. The summed E-state index contributed by atoms with van der Waals surface area (Å²) in [5.41, 5.74) is 5.47. The Morgan fingerprint density at radius 1 is 1.53 bits per heavy atom. The number of rotatable bonds is 3. The van der Waals surface area contributed by atoms with E-state index in [2.05, 4.69) is 15.5 Å². The van der Waals surface area contributed by atoms with Gasteiger partial charge >= 0.3 is 6.03 Å². The van der Waals surface area contributed by atoms with Crippen LogP contribution in [0.5, 0.6) is 0 Å². The summed E-state index contributed by atoms with van der Waals surface area (Å²) >= 11 is 4.85. The molecular formula is C9H18N4OS. The first-order chi connectivity index (χ1) is 7.11. The van der Waals surface area contributed by atoms with Crippen molar-refractivity contribution in [2.75, 3.05) is 26.7 Å². The average Bonchev–Trinajstić information content (AvgIpc) is 2.20. The number of thiocarbonyl (C=S) groups is 1. The summed E-state index contributed by atoms with van der Waals surface area (Å²) in [6.07, 6.45) is 1.91.